The first kappa shape index (κ1) is 17.6. The maximum absolute atomic E-state index is 11.7. The van der Waals surface area contributed by atoms with Gasteiger partial charge in [0.1, 0.15) is 5.15 Å². The van der Waals surface area contributed by atoms with Gasteiger partial charge in [-0.05, 0) is 24.1 Å². The van der Waals surface area contributed by atoms with E-state index >= 15 is 0 Å². The molecule has 0 spiro atoms. The van der Waals surface area contributed by atoms with Crippen LogP contribution in [-0.2, 0) is 12.3 Å². The molecule has 1 aromatic heterocycles. The van der Waals surface area contributed by atoms with Gasteiger partial charge in [0.15, 0.2) is 0 Å². The molecule has 0 unspecified atom stereocenters. The quantitative estimate of drug-likeness (QED) is 0.591. The first-order chi connectivity index (χ1) is 11.1. The molecule has 0 saturated heterocycles. The molecule has 0 atom stereocenters. The summed E-state index contributed by atoms with van der Waals surface area (Å²) in [5.41, 5.74) is 3.49. The van der Waals surface area contributed by atoms with E-state index in [2.05, 4.69) is 46.8 Å². The number of carbonyl (C=O) groups excluding carboxylic acids is 1. The average molecular weight is 350 g/mol. The molecular formula is C17H20ClN3OS. The van der Waals surface area contributed by atoms with E-state index in [4.69, 9.17) is 11.6 Å². The van der Waals surface area contributed by atoms with Crippen LogP contribution < -0.4 is 10.6 Å². The fraction of sp³-hybridized carbons (Fsp3) is 0.294. The summed E-state index contributed by atoms with van der Waals surface area (Å²) in [5, 5.41) is 6.08. The molecule has 2 amide bonds. The standard InChI is InChI=1S/C17H20ClN3OS/c1-13-2-4-14(5-3-13)12-23-9-8-19-17(22)21-11-15-6-7-16(18)20-10-15/h2-7,10H,8-9,11-12H2,1H3,(H2,19,21,22). The molecule has 6 heteroatoms. The number of benzene rings is 1. The summed E-state index contributed by atoms with van der Waals surface area (Å²) < 4.78 is 0. The third-order valence-corrected chi connectivity index (χ3v) is 4.42. The number of nitrogens with zero attached hydrogens (tertiary/aromatic N) is 1. The van der Waals surface area contributed by atoms with Gasteiger partial charge < -0.3 is 10.6 Å². The molecule has 122 valence electrons. The van der Waals surface area contributed by atoms with Crippen LogP contribution in [0.5, 0.6) is 0 Å². The lowest BCUT2D eigenvalue weighted by Gasteiger charge is -2.08. The van der Waals surface area contributed by atoms with Crippen LogP contribution >= 0.6 is 23.4 Å². The van der Waals surface area contributed by atoms with Crippen molar-refractivity contribution in [1.29, 1.82) is 0 Å². The first-order valence-electron chi connectivity index (χ1n) is 7.39. The molecule has 1 aromatic carbocycles. The number of halogens is 1. The van der Waals surface area contributed by atoms with Crippen LogP contribution in [0, 0.1) is 6.92 Å². The van der Waals surface area contributed by atoms with Crippen LogP contribution in [-0.4, -0.2) is 23.3 Å². The van der Waals surface area contributed by atoms with Crippen molar-refractivity contribution in [2.75, 3.05) is 12.3 Å². The summed E-state index contributed by atoms with van der Waals surface area (Å²) >= 11 is 7.51. The summed E-state index contributed by atoms with van der Waals surface area (Å²) in [4.78, 5) is 15.6. The molecule has 1 heterocycles. The predicted molar refractivity (Wildman–Crippen MR) is 96.8 cm³/mol. The first-order valence-corrected chi connectivity index (χ1v) is 8.92. The zero-order chi connectivity index (χ0) is 16.5. The van der Waals surface area contributed by atoms with E-state index in [1.165, 1.54) is 11.1 Å². The largest absolute Gasteiger partial charge is 0.337 e. The lowest BCUT2D eigenvalue weighted by Crippen LogP contribution is -2.36. The van der Waals surface area contributed by atoms with Gasteiger partial charge in [0, 0.05) is 30.8 Å². The highest BCUT2D eigenvalue weighted by atomic mass is 35.5. The Morgan fingerprint density at radius 2 is 1.87 bits per heavy atom. The lowest BCUT2D eigenvalue weighted by molar-refractivity contribution is 0.241. The van der Waals surface area contributed by atoms with Gasteiger partial charge in [-0.15, -0.1) is 0 Å². The highest BCUT2D eigenvalue weighted by Crippen LogP contribution is 2.12. The summed E-state index contributed by atoms with van der Waals surface area (Å²) in [6.45, 7) is 3.16. The van der Waals surface area contributed by atoms with Crippen molar-refractivity contribution in [1.82, 2.24) is 15.6 Å². The highest BCUT2D eigenvalue weighted by Gasteiger charge is 2.01. The number of aryl methyl sites for hydroxylation is 1. The monoisotopic (exact) mass is 349 g/mol. The maximum atomic E-state index is 11.7. The summed E-state index contributed by atoms with van der Waals surface area (Å²) in [6.07, 6.45) is 1.65. The number of nitrogens with one attached hydrogen (secondary N) is 2. The van der Waals surface area contributed by atoms with E-state index in [-0.39, 0.29) is 6.03 Å². The minimum atomic E-state index is -0.170. The van der Waals surface area contributed by atoms with Gasteiger partial charge in [-0.25, -0.2) is 9.78 Å². The molecule has 4 nitrogen and oxygen atoms in total. The molecule has 23 heavy (non-hydrogen) atoms. The van der Waals surface area contributed by atoms with Crippen LogP contribution in [0.15, 0.2) is 42.6 Å². The van der Waals surface area contributed by atoms with Gasteiger partial charge in [-0.3, -0.25) is 0 Å². The number of rotatable bonds is 7. The molecular weight excluding hydrogens is 330 g/mol. The number of urea groups is 1. The Morgan fingerprint density at radius 1 is 1.13 bits per heavy atom. The second kappa shape index (κ2) is 9.43. The van der Waals surface area contributed by atoms with Crippen LogP contribution in [0.25, 0.3) is 0 Å². The number of carbonyl (C=O) groups is 1. The van der Waals surface area contributed by atoms with Crippen molar-refractivity contribution in [2.24, 2.45) is 0 Å². The summed E-state index contributed by atoms with van der Waals surface area (Å²) in [6, 6.07) is 11.9. The molecule has 0 bridgehead atoms. The molecule has 2 aromatic rings. The van der Waals surface area contributed by atoms with E-state index in [9.17, 15) is 4.79 Å². The van der Waals surface area contributed by atoms with Crippen molar-refractivity contribution in [3.8, 4) is 0 Å². The number of hydrogen-bond donors (Lipinski definition) is 2. The Kier molecular flexibility index (Phi) is 7.23. The van der Waals surface area contributed by atoms with Gasteiger partial charge in [0.25, 0.3) is 0 Å². The second-order valence-corrected chi connectivity index (χ2v) is 6.63. The Morgan fingerprint density at radius 3 is 2.57 bits per heavy atom. The average Bonchev–Trinajstić information content (AvgIpc) is 2.56. The van der Waals surface area contributed by atoms with Crippen LogP contribution in [0.2, 0.25) is 5.15 Å². The smallest absolute Gasteiger partial charge is 0.315 e. The molecule has 0 saturated carbocycles. The van der Waals surface area contributed by atoms with E-state index < -0.39 is 0 Å². The normalized spacial score (nSPS) is 10.3. The maximum Gasteiger partial charge on any atom is 0.315 e. The van der Waals surface area contributed by atoms with E-state index in [0.717, 1.165) is 17.1 Å². The zero-order valence-corrected chi connectivity index (χ0v) is 14.6. The third-order valence-electron chi connectivity index (χ3n) is 3.16. The molecule has 0 fully saturated rings. The summed E-state index contributed by atoms with van der Waals surface area (Å²) in [7, 11) is 0. The Balaban J connectivity index is 1.56. The Labute approximate surface area is 146 Å². The minimum Gasteiger partial charge on any atom is -0.337 e. The van der Waals surface area contributed by atoms with Gasteiger partial charge in [-0.2, -0.15) is 11.8 Å². The predicted octanol–water partition coefficient (Wildman–Crippen LogP) is 3.78. The van der Waals surface area contributed by atoms with E-state index in [1.54, 1.807) is 24.0 Å². The third kappa shape index (κ3) is 6.93. The highest BCUT2D eigenvalue weighted by molar-refractivity contribution is 7.98. The Hall–Kier alpha value is -1.72. The number of thioether (sulfide) groups is 1. The molecule has 0 radical (unpaired) electrons. The van der Waals surface area contributed by atoms with Crippen LogP contribution in [0.4, 0.5) is 4.79 Å². The number of pyridine rings is 1. The number of amides is 2. The van der Waals surface area contributed by atoms with Crippen molar-refractivity contribution >= 4 is 29.4 Å². The second-order valence-electron chi connectivity index (χ2n) is 5.14. The van der Waals surface area contributed by atoms with E-state index in [0.29, 0.717) is 18.2 Å². The SMILES string of the molecule is Cc1ccc(CSCCNC(=O)NCc2ccc(Cl)nc2)cc1. The number of hydrogen-bond acceptors (Lipinski definition) is 3. The number of aromatic nitrogens is 1. The lowest BCUT2D eigenvalue weighted by atomic mass is 10.2. The van der Waals surface area contributed by atoms with Gasteiger partial charge in [0.2, 0.25) is 0 Å². The molecule has 2 rings (SSSR count). The molecule has 0 aliphatic carbocycles. The fourth-order valence-corrected chi connectivity index (χ4v) is 2.80. The van der Waals surface area contributed by atoms with Crippen molar-refractivity contribution in [3.63, 3.8) is 0 Å². The van der Waals surface area contributed by atoms with E-state index in [1.807, 2.05) is 6.07 Å². The molecule has 0 aliphatic rings. The van der Waals surface area contributed by atoms with Crippen molar-refractivity contribution < 1.29 is 4.79 Å². The topological polar surface area (TPSA) is 54.0 Å². The molecule has 2 N–H and O–H groups in total. The fourth-order valence-electron chi connectivity index (χ4n) is 1.87. The van der Waals surface area contributed by atoms with Gasteiger partial charge in [0.05, 0.1) is 0 Å². The van der Waals surface area contributed by atoms with Crippen molar-refractivity contribution in [2.45, 2.75) is 19.2 Å². The Bertz CT molecular complexity index is 617. The summed E-state index contributed by atoms with van der Waals surface area (Å²) in [5.74, 6) is 1.84. The van der Waals surface area contributed by atoms with Crippen LogP contribution in [0.3, 0.4) is 0 Å². The zero-order valence-electron chi connectivity index (χ0n) is 13.0. The van der Waals surface area contributed by atoms with Crippen LogP contribution in [0.1, 0.15) is 16.7 Å². The van der Waals surface area contributed by atoms with Gasteiger partial charge >= 0.3 is 6.03 Å². The molecule has 0 aliphatic heterocycles. The minimum absolute atomic E-state index is 0.170. The van der Waals surface area contributed by atoms with Gasteiger partial charge in [-0.1, -0.05) is 47.5 Å². The van der Waals surface area contributed by atoms with Crippen molar-refractivity contribution in [3.05, 3.63) is 64.4 Å².